The molecular formula is C22H21FN6O2S. The summed E-state index contributed by atoms with van der Waals surface area (Å²) in [6, 6.07) is 13.6. The van der Waals surface area contributed by atoms with Gasteiger partial charge in [-0.25, -0.2) is 9.37 Å². The molecule has 3 heterocycles. The largest absolute Gasteiger partial charge is 0.378 e. The number of thioether (sulfide) groups is 1. The van der Waals surface area contributed by atoms with E-state index in [0.717, 1.165) is 0 Å². The van der Waals surface area contributed by atoms with Crippen LogP contribution in [0.3, 0.4) is 0 Å². The number of nitrogens with zero attached hydrogens (tertiary/aromatic N) is 5. The van der Waals surface area contributed by atoms with Gasteiger partial charge in [0.05, 0.1) is 35.1 Å². The summed E-state index contributed by atoms with van der Waals surface area (Å²) in [5, 5.41) is 9.72. The van der Waals surface area contributed by atoms with Crippen LogP contribution in [0, 0.1) is 5.82 Å². The van der Waals surface area contributed by atoms with Crippen molar-refractivity contribution in [3.63, 3.8) is 0 Å². The molecule has 4 aromatic rings. The number of H-pyrrole nitrogens is 1. The average molecular weight is 453 g/mol. The van der Waals surface area contributed by atoms with Gasteiger partial charge in [-0.15, -0.1) is 10.2 Å². The molecule has 1 fully saturated rings. The van der Waals surface area contributed by atoms with Gasteiger partial charge in [0.2, 0.25) is 5.95 Å². The standard InChI is InChI=1S/C22H21FN6O2S/c1-14(19-24-18-8-3-2-7-17(18)20(30)25-19)32-22-27-26-21(28-9-11-31-12-10-28)29(22)16-6-4-5-15(23)13-16/h2-8,13-14H,9-12H2,1H3,(H,24,25,30)/t14-/m1/s1. The van der Waals surface area contributed by atoms with Crippen molar-refractivity contribution in [3.05, 3.63) is 70.5 Å². The van der Waals surface area contributed by atoms with Crippen molar-refractivity contribution in [2.24, 2.45) is 0 Å². The maximum Gasteiger partial charge on any atom is 0.258 e. The Kier molecular flexibility index (Phi) is 5.62. The summed E-state index contributed by atoms with van der Waals surface area (Å²) in [6.45, 7) is 4.48. The number of para-hydroxylation sites is 1. The van der Waals surface area contributed by atoms with E-state index >= 15 is 0 Å². The molecule has 1 N–H and O–H groups in total. The SMILES string of the molecule is C[C@@H](Sc1nnc(N2CCOCC2)n1-c1cccc(F)c1)c1nc2ccccc2c(=O)[nH]1. The first-order valence-electron chi connectivity index (χ1n) is 10.3. The number of morpholine rings is 1. The molecule has 2 aromatic heterocycles. The topological polar surface area (TPSA) is 88.9 Å². The highest BCUT2D eigenvalue weighted by Crippen LogP contribution is 2.35. The Morgan fingerprint density at radius 3 is 2.75 bits per heavy atom. The lowest BCUT2D eigenvalue weighted by atomic mass is 10.2. The van der Waals surface area contributed by atoms with Crippen LogP contribution in [0.2, 0.25) is 0 Å². The molecule has 1 saturated heterocycles. The molecular weight excluding hydrogens is 431 g/mol. The van der Waals surface area contributed by atoms with Gasteiger partial charge in [-0.2, -0.15) is 0 Å². The number of anilines is 1. The average Bonchev–Trinajstić information content (AvgIpc) is 3.23. The number of benzene rings is 2. The minimum atomic E-state index is -0.339. The zero-order valence-electron chi connectivity index (χ0n) is 17.4. The number of hydrogen-bond acceptors (Lipinski definition) is 7. The second kappa shape index (κ2) is 8.71. The Balaban J connectivity index is 1.53. The molecule has 164 valence electrons. The van der Waals surface area contributed by atoms with Gasteiger partial charge in [0.1, 0.15) is 11.6 Å². The van der Waals surface area contributed by atoms with Gasteiger partial charge in [0, 0.05) is 13.1 Å². The maximum absolute atomic E-state index is 14.0. The van der Waals surface area contributed by atoms with E-state index in [1.165, 1.54) is 23.9 Å². The van der Waals surface area contributed by atoms with Crippen LogP contribution in [0.1, 0.15) is 18.0 Å². The fourth-order valence-corrected chi connectivity index (χ4v) is 4.58. The van der Waals surface area contributed by atoms with Crippen LogP contribution in [0.25, 0.3) is 16.6 Å². The fraction of sp³-hybridized carbons (Fsp3) is 0.273. The summed E-state index contributed by atoms with van der Waals surface area (Å²) in [7, 11) is 0. The van der Waals surface area contributed by atoms with Crippen LogP contribution < -0.4 is 10.5 Å². The Labute approximate surface area is 187 Å². The van der Waals surface area contributed by atoms with Gasteiger partial charge in [0.15, 0.2) is 5.16 Å². The molecule has 0 saturated carbocycles. The summed E-state index contributed by atoms with van der Waals surface area (Å²) in [5.41, 5.74) is 1.09. The molecule has 2 aromatic carbocycles. The predicted octanol–water partition coefficient (Wildman–Crippen LogP) is 3.33. The lowest BCUT2D eigenvalue weighted by molar-refractivity contribution is 0.122. The maximum atomic E-state index is 14.0. The number of fused-ring (bicyclic) bond motifs is 1. The summed E-state index contributed by atoms with van der Waals surface area (Å²) >= 11 is 1.40. The number of halogens is 1. The van der Waals surface area contributed by atoms with Crippen LogP contribution in [0.15, 0.2) is 58.5 Å². The minimum absolute atomic E-state index is 0.182. The van der Waals surface area contributed by atoms with Gasteiger partial charge in [-0.1, -0.05) is 30.0 Å². The van der Waals surface area contributed by atoms with E-state index in [1.807, 2.05) is 35.8 Å². The van der Waals surface area contributed by atoms with E-state index < -0.39 is 0 Å². The third-order valence-electron chi connectivity index (χ3n) is 5.28. The number of rotatable bonds is 5. The van der Waals surface area contributed by atoms with Crippen molar-refractivity contribution in [1.29, 1.82) is 0 Å². The van der Waals surface area contributed by atoms with Gasteiger partial charge in [-0.05, 0) is 37.3 Å². The van der Waals surface area contributed by atoms with Gasteiger partial charge in [-0.3, -0.25) is 9.36 Å². The first kappa shape index (κ1) is 20.7. The predicted molar refractivity (Wildman–Crippen MR) is 121 cm³/mol. The third-order valence-corrected chi connectivity index (χ3v) is 6.33. The molecule has 0 spiro atoms. The molecule has 0 unspecified atom stereocenters. The number of hydrogen-bond donors (Lipinski definition) is 1. The quantitative estimate of drug-likeness (QED) is 0.465. The molecule has 0 bridgehead atoms. The normalized spacial score (nSPS) is 15.2. The minimum Gasteiger partial charge on any atom is -0.378 e. The number of ether oxygens (including phenoxy) is 1. The Hall–Kier alpha value is -3.24. The Bertz CT molecular complexity index is 1320. The monoisotopic (exact) mass is 452 g/mol. The molecule has 0 radical (unpaired) electrons. The van der Waals surface area contributed by atoms with Crippen molar-refractivity contribution in [3.8, 4) is 5.69 Å². The van der Waals surface area contributed by atoms with Gasteiger partial charge >= 0.3 is 0 Å². The van der Waals surface area contributed by atoms with Crippen LogP contribution in [-0.4, -0.2) is 51.0 Å². The number of nitrogens with one attached hydrogen (secondary N) is 1. The molecule has 5 rings (SSSR count). The summed E-state index contributed by atoms with van der Waals surface area (Å²) in [5.74, 6) is 0.836. The molecule has 1 aliphatic rings. The van der Waals surface area contributed by atoms with E-state index in [4.69, 9.17) is 4.74 Å². The van der Waals surface area contributed by atoms with E-state index in [-0.39, 0.29) is 16.6 Å². The molecule has 0 aliphatic carbocycles. The smallest absolute Gasteiger partial charge is 0.258 e. The van der Waals surface area contributed by atoms with E-state index in [2.05, 4.69) is 25.1 Å². The molecule has 0 amide bonds. The van der Waals surface area contributed by atoms with Crippen molar-refractivity contribution < 1.29 is 9.13 Å². The van der Waals surface area contributed by atoms with Crippen molar-refractivity contribution in [1.82, 2.24) is 24.7 Å². The Morgan fingerprint density at radius 1 is 1.12 bits per heavy atom. The molecule has 1 aliphatic heterocycles. The zero-order valence-corrected chi connectivity index (χ0v) is 18.2. The molecule has 8 nitrogen and oxygen atoms in total. The highest BCUT2D eigenvalue weighted by molar-refractivity contribution is 7.99. The zero-order chi connectivity index (χ0) is 22.1. The fourth-order valence-electron chi connectivity index (χ4n) is 3.66. The highest BCUT2D eigenvalue weighted by atomic mass is 32.2. The van der Waals surface area contributed by atoms with Crippen molar-refractivity contribution in [2.45, 2.75) is 17.3 Å². The second-order valence-electron chi connectivity index (χ2n) is 7.43. The first-order chi connectivity index (χ1) is 15.6. The summed E-state index contributed by atoms with van der Waals surface area (Å²) in [4.78, 5) is 22.1. The molecule has 1 atom stereocenters. The van der Waals surface area contributed by atoms with Gasteiger partial charge in [0.25, 0.3) is 5.56 Å². The van der Waals surface area contributed by atoms with Crippen molar-refractivity contribution in [2.75, 3.05) is 31.2 Å². The number of aromatic nitrogens is 5. The van der Waals surface area contributed by atoms with Crippen LogP contribution in [-0.2, 0) is 4.74 Å². The Morgan fingerprint density at radius 2 is 1.94 bits per heavy atom. The first-order valence-corrected chi connectivity index (χ1v) is 11.2. The van der Waals surface area contributed by atoms with Crippen molar-refractivity contribution >= 4 is 28.6 Å². The van der Waals surface area contributed by atoms with Crippen LogP contribution in [0.4, 0.5) is 10.3 Å². The highest BCUT2D eigenvalue weighted by Gasteiger charge is 2.24. The van der Waals surface area contributed by atoms with Gasteiger partial charge < -0.3 is 14.6 Å². The van der Waals surface area contributed by atoms with Crippen LogP contribution >= 0.6 is 11.8 Å². The lowest BCUT2D eigenvalue weighted by Gasteiger charge is -2.28. The molecule has 32 heavy (non-hydrogen) atoms. The second-order valence-corrected chi connectivity index (χ2v) is 8.73. The molecule has 10 heteroatoms. The van der Waals surface area contributed by atoms with E-state index in [1.54, 1.807) is 12.1 Å². The summed E-state index contributed by atoms with van der Waals surface area (Å²) < 4.78 is 21.3. The summed E-state index contributed by atoms with van der Waals surface area (Å²) in [6.07, 6.45) is 0. The number of aromatic amines is 1. The third kappa shape index (κ3) is 3.98. The van der Waals surface area contributed by atoms with Crippen LogP contribution in [0.5, 0.6) is 0 Å². The van der Waals surface area contributed by atoms with E-state index in [0.29, 0.717) is 59.8 Å². The lowest BCUT2D eigenvalue weighted by Crippen LogP contribution is -2.37. The van der Waals surface area contributed by atoms with E-state index in [9.17, 15) is 9.18 Å².